The number of carboxylic acids is 3. The van der Waals surface area contributed by atoms with Gasteiger partial charge in [0.2, 0.25) is 5.91 Å². The van der Waals surface area contributed by atoms with Crippen LogP contribution in [0.2, 0.25) is 0 Å². The molecule has 446 valence electrons. The lowest BCUT2D eigenvalue weighted by atomic mass is 9.85. The highest BCUT2D eigenvalue weighted by Crippen LogP contribution is 2.21. The third-order valence-electron chi connectivity index (χ3n) is 9.88. The summed E-state index contributed by atoms with van der Waals surface area (Å²) in [5, 5.41) is 27.6. The summed E-state index contributed by atoms with van der Waals surface area (Å²) in [7, 11) is 3.58. The van der Waals surface area contributed by atoms with Crippen molar-refractivity contribution in [1.82, 2.24) is 14.8 Å². The topological polar surface area (TPSA) is 381 Å². The molecule has 1 aromatic heterocycles. The molecule has 0 aliphatic carbocycles. The fourth-order valence-electron chi connectivity index (χ4n) is 4.89. The van der Waals surface area contributed by atoms with Crippen LogP contribution < -0.4 is 17.2 Å². The molecule has 1 atom stereocenters. The van der Waals surface area contributed by atoms with Crippen LogP contribution in [0.4, 0.5) is 0 Å². The normalized spacial score (nSPS) is 12.8. The summed E-state index contributed by atoms with van der Waals surface area (Å²) >= 11 is 1.50. The van der Waals surface area contributed by atoms with Gasteiger partial charge in [0.15, 0.2) is 5.78 Å². The molecule has 2 aliphatic rings. The maximum absolute atomic E-state index is 10.8. The van der Waals surface area contributed by atoms with E-state index in [1.165, 1.54) is 73.8 Å². The Balaban J connectivity index is -0.000000187. The number of piperazine rings is 1. The number of aliphatic carboxylic acids is 3. The molecule has 0 bridgehead atoms. The Bertz CT molecular complexity index is 2010. The van der Waals surface area contributed by atoms with Gasteiger partial charge in [0.05, 0.1) is 36.4 Å². The largest absolute Gasteiger partial charge is 0.481 e. The van der Waals surface area contributed by atoms with Crippen LogP contribution in [0.1, 0.15) is 143 Å². The first-order chi connectivity index (χ1) is 36.0. The molecule has 0 saturated carbocycles. The summed E-state index contributed by atoms with van der Waals surface area (Å²) in [5.41, 5.74) is 14.3. The van der Waals surface area contributed by atoms with E-state index in [2.05, 4.69) is 27.4 Å². The third kappa shape index (κ3) is 57.4. The molecule has 24 heteroatoms. The third-order valence-corrected chi connectivity index (χ3v) is 10.7. The van der Waals surface area contributed by atoms with Crippen molar-refractivity contribution < 1.29 is 82.3 Å². The van der Waals surface area contributed by atoms with Crippen LogP contribution in [0.15, 0.2) is 35.7 Å². The lowest BCUT2D eigenvalue weighted by molar-refractivity contribution is -0.149. The summed E-state index contributed by atoms with van der Waals surface area (Å²) in [6.45, 7) is 26.9. The van der Waals surface area contributed by atoms with Crippen molar-refractivity contribution in [3.8, 4) is 0 Å². The van der Waals surface area contributed by atoms with Gasteiger partial charge >= 0.3 is 17.9 Å². The standard InChI is InChI=1S/C8H8O2.C7H14N2O.2C7H12O3.C6H7NOS.C6H10O2.C5H8O3.C4H9NO.C3H7NO.CH5N/c9-7-10-6-8-4-2-1-3-5-8;1-7(10)9-5-3-8(2)4-6-9;1-5(8)7(2,3)4-6(9)10;1-5(8)4-7(2,3)6(9)10;1-4(8)6-3-9-5(2)7-6;1-5(7)6-2-3-8-4-6;1-4(6)2-3-5(7)8;1-4(6)2-3-5;1-3(5)2-4;1-2/h1-5,7H,6H2;3-6H2,1-2H3;2*4H2,1-3H3,(H,9,10);3H,1-2H3;6H,2-4H2,1H3;2-3H2,1H3,(H,7,8);2-3,5H2,1H3;2,4H2,1H3;2H2,1H3. The predicted octanol–water partition coefficient (Wildman–Crippen LogP) is 5.03. The van der Waals surface area contributed by atoms with Gasteiger partial charge in [-0.05, 0) is 94.9 Å². The van der Waals surface area contributed by atoms with Gasteiger partial charge in [-0.3, -0.25) is 52.7 Å². The van der Waals surface area contributed by atoms with Gasteiger partial charge in [-0.25, -0.2) is 4.98 Å². The van der Waals surface area contributed by atoms with Crippen LogP contribution in [0.5, 0.6) is 0 Å². The van der Waals surface area contributed by atoms with Gasteiger partial charge in [-0.15, -0.1) is 11.3 Å². The van der Waals surface area contributed by atoms with Gasteiger partial charge in [0, 0.05) is 82.6 Å². The van der Waals surface area contributed by atoms with Crippen molar-refractivity contribution in [3.05, 3.63) is 52.0 Å². The molecule has 3 heterocycles. The average molecular weight is 1130 g/mol. The minimum Gasteiger partial charge on any atom is -0.481 e. The number of thiazole rings is 1. The molecule has 2 fully saturated rings. The lowest BCUT2D eigenvalue weighted by Crippen LogP contribution is -2.46. The van der Waals surface area contributed by atoms with Crippen molar-refractivity contribution in [2.45, 2.75) is 135 Å². The van der Waals surface area contributed by atoms with E-state index in [0.29, 0.717) is 38.3 Å². The number of aryl methyl sites for hydroxylation is 1. The van der Waals surface area contributed by atoms with Crippen LogP contribution in [0.25, 0.3) is 0 Å². The number of carbonyl (C=O) groups is 12. The zero-order chi connectivity index (χ0) is 62.2. The van der Waals surface area contributed by atoms with Gasteiger partial charge in [-0.1, -0.05) is 44.2 Å². The van der Waals surface area contributed by atoms with Crippen LogP contribution in [-0.4, -0.2) is 167 Å². The Kier molecular flexibility index (Phi) is 53.4. The Morgan fingerprint density at radius 1 is 0.731 bits per heavy atom. The summed E-state index contributed by atoms with van der Waals surface area (Å²) in [6.07, 6.45) is 1.55. The summed E-state index contributed by atoms with van der Waals surface area (Å²) in [5.74, 6) is -2.12. The number of Topliss-reactive ketones (excluding diaryl/α,β-unsaturated/α-hetero) is 7. The fraction of sp³-hybridized carbons (Fsp3) is 0.611. The highest BCUT2D eigenvalue weighted by molar-refractivity contribution is 7.09. The van der Waals surface area contributed by atoms with Gasteiger partial charge in [0.1, 0.15) is 47.0 Å². The highest BCUT2D eigenvalue weighted by atomic mass is 32.1. The van der Waals surface area contributed by atoms with E-state index in [1.807, 2.05) is 42.2 Å². The second-order valence-corrected chi connectivity index (χ2v) is 19.6. The van der Waals surface area contributed by atoms with E-state index in [4.69, 9.17) is 31.5 Å². The number of likely N-dealkylation sites (N-methyl/N-ethyl adjacent to an activating group) is 1. The van der Waals surface area contributed by atoms with E-state index >= 15 is 0 Å². The summed E-state index contributed by atoms with van der Waals surface area (Å²) in [4.78, 5) is 131. The second kappa shape index (κ2) is 50.2. The first kappa shape index (κ1) is 83.0. The number of carbonyl (C=O) groups excluding carboxylic acids is 9. The molecule has 1 amide bonds. The zero-order valence-electron chi connectivity index (χ0n) is 48.8. The van der Waals surface area contributed by atoms with Crippen molar-refractivity contribution in [2.75, 3.05) is 66.6 Å². The highest BCUT2D eigenvalue weighted by Gasteiger charge is 2.28. The molecule has 0 radical (unpaired) electrons. The van der Waals surface area contributed by atoms with E-state index in [1.54, 1.807) is 33.1 Å². The molecular formula is C54H92N6O17S. The molecule has 2 aromatic rings. The Hall–Kier alpha value is -6.31. The molecular weight excluding hydrogens is 1040 g/mol. The van der Waals surface area contributed by atoms with E-state index in [0.717, 1.165) is 49.8 Å². The molecule has 78 heavy (non-hydrogen) atoms. The molecule has 23 nitrogen and oxygen atoms in total. The Labute approximate surface area is 465 Å². The molecule has 0 spiro atoms. The second-order valence-electron chi connectivity index (χ2n) is 18.5. The Morgan fingerprint density at radius 2 is 1.23 bits per heavy atom. The molecule has 1 unspecified atom stereocenters. The molecule has 2 saturated heterocycles. The van der Waals surface area contributed by atoms with Crippen molar-refractivity contribution in [3.63, 3.8) is 0 Å². The zero-order valence-corrected chi connectivity index (χ0v) is 49.6. The quantitative estimate of drug-likeness (QED) is 0.0893. The van der Waals surface area contributed by atoms with Crippen LogP contribution in [0.3, 0.4) is 0 Å². The number of nitrogens with two attached hydrogens (primary N) is 3. The lowest BCUT2D eigenvalue weighted by Gasteiger charge is -2.31. The number of benzene rings is 1. The van der Waals surface area contributed by atoms with Crippen LogP contribution in [-0.2, 0) is 68.8 Å². The van der Waals surface area contributed by atoms with E-state index < -0.39 is 28.7 Å². The average Bonchev–Trinajstić information content (AvgIpc) is 4.06. The molecule has 1 aromatic carbocycles. The van der Waals surface area contributed by atoms with E-state index in [-0.39, 0.29) is 84.5 Å². The number of amides is 1. The summed E-state index contributed by atoms with van der Waals surface area (Å²) in [6, 6.07) is 9.55. The SMILES string of the molecule is CC(=O)C(C)(C)CC(=O)O.CC(=O)C1CCOC1.CC(=O)CC(C)(C)C(=O)O.CC(=O)CCC(=O)O.CC(=O)CCN.CC(=O)CN.CC(=O)N1CCN(C)CC1.CC(=O)c1csc(C)n1.CN.O=COCc1ccccc1. The number of carboxylic acid groups (broad SMARTS) is 3. The van der Waals surface area contributed by atoms with Gasteiger partial charge in [0.25, 0.3) is 6.47 Å². The monoisotopic (exact) mass is 1130 g/mol. The maximum atomic E-state index is 10.8. The number of aromatic nitrogens is 1. The van der Waals surface area contributed by atoms with Crippen molar-refractivity contribution in [2.24, 2.45) is 33.9 Å². The number of hydrogen-bond acceptors (Lipinski definition) is 20. The summed E-state index contributed by atoms with van der Waals surface area (Å²) < 4.78 is 9.54. The first-order valence-corrected chi connectivity index (χ1v) is 25.6. The predicted molar refractivity (Wildman–Crippen MR) is 299 cm³/mol. The van der Waals surface area contributed by atoms with Crippen molar-refractivity contribution in [1.29, 1.82) is 0 Å². The Morgan fingerprint density at radius 3 is 1.45 bits per heavy atom. The minimum absolute atomic E-state index is 0.0324. The molecule has 9 N–H and O–H groups in total. The number of hydrogen-bond donors (Lipinski definition) is 6. The maximum Gasteiger partial charge on any atom is 0.309 e. The molecule has 2 aliphatic heterocycles. The van der Waals surface area contributed by atoms with E-state index in [9.17, 15) is 57.5 Å². The first-order valence-electron chi connectivity index (χ1n) is 24.7. The number of rotatable bonds is 17. The number of ether oxygens (including phenoxy) is 2. The fourth-order valence-corrected chi connectivity index (χ4v) is 5.54. The van der Waals surface area contributed by atoms with Gasteiger partial charge in [-0.2, -0.15) is 0 Å². The molecule has 4 rings (SSSR count). The van der Waals surface area contributed by atoms with Gasteiger partial charge < -0.3 is 56.6 Å². The van der Waals surface area contributed by atoms with Crippen LogP contribution >= 0.6 is 11.3 Å². The number of ketones is 7. The van der Waals surface area contributed by atoms with Crippen LogP contribution in [0, 0.1) is 23.7 Å². The smallest absolute Gasteiger partial charge is 0.309 e. The van der Waals surface area contributed by atoms with Crippen molar-refractivity contribution >= 4 is 82.1 Å². The minimum atomic E-state index is -0.930. The number of nitrogens with zero attached hydrogens (tertiary/aromatic N) is 3.